The summed E-state index contributed by atoms with van der Waals surface area (Å²) in [6, 6.07) is 3.51. The number of hydrogen-bond donors (Lipinski definition) is 1. The fraction of sp³-hybridized carbons (Fsp3) is 0.385. The summed E-state index contributed by atoms with van der Waals surface area (Å²) < 4.78 is 106. The first-order valence-corrected chi connectivity index (χ1v) is 18.8. The summed E-state index contributed by atoms with van der Waals surface area (Å²) in [5, 5.41) is 11.0. The van der Waals surface area contributed by atoms with Gasteiger partial charge in [-0.1, -0.05) is 6.08 Å². The Morgan fingerprint density at radius 1 is 0.942 bits per heavy atom. The largest absolute Gasteiger partial charge is 0.748 e. The molecule has 3 aromatic carbocycles. The van der Waals surface area contributed by atoms with Gasteiger partial charge in [0.25, 0.3) is 0 Å². The van der Waals surface area contributed by atoms with Crippen molar-refractivity contribution in [3.63, 3.8) is 0 Å². The van der Waals surface area contributed by atoms with E-state index in [4.69, 9.17) is 4.74 Å². The third kappa shape index (κ3) is 4.98. The average molecular weight is 737 g/mol. The van der Waals surface area contributed by atoms with E-state index in [0.717, 1.165) is 35.4 Å². The molecule has 3 aromatic rings. The monoisotopic (exact) mass is 736 g/mol. The van der Waals surface area contributed by atoms with E-state index in [9.17, 15) is 31.7 Å². The second-order valence-electron chi connectivity index (χ2n) is 15.4. The van der Waals surface area contributed by atoms with Crippen LogP contribution in [0.3, 0.4) is 0 Å². The first-order valence-electron chi connectivity index (χ1n) is 17.2. The molecule has 8 nitrogen and oxygen atoms in total. The van der Waals surface area contributed by atoms with Crippen LogP contribution in [0.1, 0.15) is 91.2 Å². The molecule has 0 aromatic heterocycles. The molecule has 5 aliphatic heterocycles. The number of anilines is 1. The Kier molecular flexibility index (Phi) is 7.49. The summed E-state index contributed by atoms with van der Waals surface area (Å²) in [7, 11) is -4.76. The molecule has 8 rings (SSSR count). The molecular weight excluding hydrogens is 700 g/mol. The Bertz CT molecular complexity index is 2520. The first-order chi connectivity index (χ1) is 24.3. The third-order valence-corrected chi connectivity index (χ3v) is 11.9. The van der Waals surface area contributed by atoms with Crippen LogP contribution in [0.2, 0.25) is 0 Å². The molecule has 5 heterocycles. The summed E-state index contributed by atoms with van der Waals surface area (Å²) in [6.45, 7) is 11.5. The fourth-order valence-electron chi connectivity index (χ4n) is 9.19. The minimum Gasteiger partial charge on any atom is -0.748 e. The van der Waals surface area contributed by atoms with Gasteiger partial charge in [-0.3, -0.25) is 0 Å². The van der Waals surface area contributed by atoms with Crippen molar-refractivity contribution in [2.45, 2.75) is 77.8 Å². The van der Waals surface area contributed by atoms with Crippen LogP contribution in [0.5, 0.6) is 11.5 Å². The Morgan fingerprint density at radius 3 is 2.33 bits per heavy atom. The molecule has 0 spiro atoms. The molecule has 272 valence electrons. The summed E-state index contributed by atoms with van der Waals surface area (Å²) >= 11 is 0. The summed E-state index contributed by atoms with van der Waals surface area (Å²) in [4.78, 5) is 14.7. The van der Waals surface area contributed by atoms with Crippen molar-refractivity contribution in [3.05, 3.63) is 97.1 Å². The van der Waals surface area contributed by atoms with Gasteiger partial charge in [-0.25, -0.2) is 35.3 Å². The van der Waals surface area contributed by atoms with Crippen molar-refractivity contribution in [3.8, 4) is 11.5 Å². The normalized spacial score (nSPS) is 19.2. The number of halogens is 4. The number of allylic oxidation sites excluding steroid dienone is 1. The van der Waals surface area contributed by atoms with Gasteiger partial charge in [0.15, 0.2) is 28.8 Å². The highest BCUT2D eigenvalue weighted by Crippen LogP contribution is 2.52. The Balaban J connectivity index is 1.54. The second-order valence-corrected chi connectivity index (χ2v) is 16.8. The lowest BCUT2D eigenvalue weighted by Gasteiger charge is -2.47. The van der Waals surface area contributed by atoms with Crippen molar-refractivity contribution in [1.82, 2.24) is 4.58 Å². The minimum absolute atomic E-state index is 0.260. The van der Waals surface area contributed by atoms with Crippen LogP contribution in [-0.2, 0) is 29.4 Å². The molecular formula is C39H36F4N2O6S. The zero-order valence-electron chi connectivity index (χ0n) is 29.3. The van der Waals surface area contributed by atoms with Crippen LogP contribution >= 0.6 is 0 Å². The Labute approximate surface area is 297 Å². The number of ether oxygens (including phenoxy) is 1. The van der Waals surface area contributed by atoms with Gasteiger partial charge in [0.1, 0.15) is 23.6 Å². The highest BCUT2D eigenvalue weighted by Gasteiger charge is 2.43. The number of nitrogens with zero attached hydrogens (tertiary/aromatic N) is 2. The molecule has 52 heavy (non-hydrogen) atoms. The van der Waals surface area contributed by atoms with Gasteiger partial charge >= 0.3 is 5.97 Å². The van der Waals surface area contributed by atoms with E-state index in [2.05, 4.69) is 29.4 Å². The van der Waals surface area contributed by atoms with E-state index in [-0.39, 0.29) is 16.7 Å². The van der Waals surface area contributed by atoms with Gasteiger partial charge in [0.2, 0.25) is 5.36 Å². The first kappa shape index (κ1) is 34.6. The summed E-state index contributed by atoms with van der Waals surface area (Å²) in [6.07, 6.45) is 5.79. The van der Waals surface area contributed by atoms with Crippen molar-refractivity contribution < 1.29 is 45.2 Å². The number of hydrogen-bond acceptors (Lipinski definition) is 6. The molecule has 1 N–H and O–H groups in total. The number of fused-ring (bicyclic) bond motifs is 4. The van der Waals surface area contributed by atoms with E-state index in [1.165, 1.54) is 0 Å². The lowest BCUT2D eigenvalue weighted by molar-refractivity contribution is 0.0688. The van der Waals surface area contributed by atoms with Crippen LogP contribution in [0.4, 0.5) is 23.2 Å². The molecule has 13 heteroatoms. The van der Waals surface area contributed by atoms with E-state index < -0.39 is 68.2 Å². The van der Waals surface area contributed by atoms with Crippen LogP contribution in [0, 0.1) is 23.3 Å². The molecule has 0 bridgehead atoms. The number of carbonyl (C=O) groups is 1. The average Bonchev–Trinajstić information content (AvgIpc) is 3.05. The molecule has 0 unspecified atom stereocenters. The lowest BCUT2D eigenvalue weighted by atomic mass is 9.79. The van der Waals surface area contributed by atoms with E-state index >= 15 is 8.78 Å². The molecule has 0 aliphatic carbocycles. The smallest absolute Gasteiger partial charge is 0.339 e. The van der Waals surface area contributed by atoms with Gasteiger partial charge < -0.3 is 19.3 Å². The van der Waals surface area contributed by atoms with Gasteiger partial charge in [-0.05, 0) is 75.0 Å². The van der Waals surface area contributed by atoms with Crippen LogP contribution in [0.15, 0.2) is 24.3 Å². The highest BCUT2D eigenvalue weighted by molar-refractivity contribution is 7.86. The van der Waals surface area contributed by atoms with E-state index in [1.54, 1.807) is 12.1 Å². The number of aromatic carboxylic acids is 1. The molecule has 0 amide bonds. The summed E-state index contributed by atoms with van der Waals surface area (Å²) in [5.41, 5.74) is 2.58. The van der Waals surface area contributed by atoms with Crippen LogP contribution < -0.4 is 24.8 Å². The topological polar surface area (TPSA) is 110 Å². The second kappa shape index (κ2) is 11.3. The predicted octanol–water partition coefficient (Wildman–Crippen LogP) is 5.59. The molecule has 0 saturated carbocycles. The van der Waals surface area contributed by atoms with E-state index in [0.29, 0.717) is 64.6 Å². The maximum Gasteiger partial charge on any atom is 0.339 e. The van der Waals surface area contributed by atoms with Crippen molar-refractivity contribution in [2.24, 2.45) is 0 Å². The third-order valence-electron chi connectivity index (χ3n) is 11.2. The zero-order valence-corrected chi connectivity index (χ0v) is 30.1. The van der Waals surface area contributed by atoms with Crippen LogP contribution in [0.25, 0.3) is 16.7 Å². The zero-order chi connectivity index (χ0) is 37.4. The number of benzene rings is 3. The molecule has 5 aliphatic rings. The standard InChI is InChI=1S/C39H36F4N2O6S/c1-18-15-38(2,3)44-10-6-8-20-33(44)22(18)12-25-24(14-27-28(37(46)47)30(41)32(43)31(42)29(27)40)26-13-23-19(17-52(48,49)50)16-39(4,5)45-11-7-9-21(34(23)45)36(26)51-35(20)25/h12-13,15-16H,6-11,14,17H2,1-5H3,(H-,46,47,48,49,50). The maximum atomic E-state index is 15.8. The fourth-order valence-corrected chi connectivity index (χ4v) is 9.81. The summed E-state index contributed by atoms with van der Waals surface area (Å²) in [5.74, 6) is -10.1. The van der Waals surface area contributed by atoms with E-state index in [1.807, 2.05) is 26.8 Å². The quantitative estimate of drug-likeness (QED) is 0.120. The maximum absolute atomic E-state index is 15.8. The van der Waals surface area contributed by atoms with Gasteiger partial charge in [-0.15, -0.1) is 0 Å². The molecule has 0 saturated heterocycles. The van der Waals surface area contributed by atoms with Gasteiger partial charge in [0.05, 0.1) is 38.2 Å². The minimum atomic E-state index is -4.76. The molecule has 0 radical (unpaired) electrons. The van der Waals surface area contributed by atoms with Gasteiger partial charge in [-0.2, -0.15) is 0 Å². The number of carboxylic acids is 1. The SMILES string of the molecule is CC1=CC(C)(C)N2CCCc3c4c(cc1c32)C(Cc1c(F)c(F)c(F)c(F)c1C(=O)O)=c1cc2c3c(c1O4)CCC[N+]=3C(C)(C)C=C2CS(=O)(=O)[O-]. The van der Waals surface area contributed by atoms with Crippen molar-refractivity contribution in [2.75, 3.05) is 23.7 Å². The van der Waals surface area contributed by atoms with Crippen molar-refractivity contribution in [1.29, 1.82) is 0 Å². The predicted molar refractivity (Wildman–Crippen MR) is 186 cm³/mol. The van der Waals surface area contributed by atoms with Crippen molar-refractivity contribution >= 4 is 38.5 Å². The van der Waals surface area contributed by atoms with Gasteiger partial charge in [0, 0.05) is 60.7 Å². The Hall–Kier alpha value is -4.49. The lowest BCUT2D eigenvalue weighted by Crippen LogP contribution is -2.53. The number of carboxylic acid groups (broad SMARTS) is 1. The van der Waals surface area contributed by atoms with Crippen LogP contribution in [-0.4, -0.2) is 54.0 Å². The Morgan fingerprint density at radius 2 is 1.63 bits per heavy atom. The molecule has 0 fully saturated rings. The highest BCUT2D eigenvalue weighted by atomic mass is 32.2. The molecule has 0 atom stereocenters. The number of rotatable bonds is 5.